The molecule has 0 fully saturated rings. The molecule has 3 aromatic carbocycles. The molecule has 2 heterocycles. The van der Waals surface area contributed by atoms with Crippen molar-refractivity contribution in [2.75, 3.05) is 10.7 Å². The second kappa shape index (κ2) is 11.1. The van der Waals surface area contributed by atoms with Crippen molar-refractivity contribution in [3.05, 3.63) is 84.8 Å². The molecule has 5 rings (SSSR count). The Bertz CT molecular complexity index is 1740. The van der Waals surface area contributed by atoms with Crippen molar-refractivity contribution < 1.29 is 35.1 Å². The number of hydrogen-bond donors (Lipinski definition) is 1. The minimum atomic E-state index is -4.86. The molecule has 0 aliphatic carbocycles. The number of nitrogens with zero attached hydrogens (tertiary/aromatic N) is 4. The Morgan fingerprint density at radius 1 is 0.976 bits per heavy atom. The smallest absolute Gasteiger partial charge is 0.406 e. The van der Waals surface area contributed by atoms with Gasteiger partial charge in [0.05, 0.1) is 33.9 Å². The van der Waals surface area contributed by atoms with E-state index in [1.165, 1.54) is 46.2 Å². The van der Waals surface area contributed by atoms with Gasteiger partial charge in [0.1, 0.15) is 17.6 Å². The largest absolute Gasteiger partial charge is 0.573 e. The third kappa shape index (κ3) is 5.79. The normalized spacial score (nSPS) is 15.6. The topological polar surface area (TPSA) is 89.4 Å². The van der Waals surface area contributed by atoms with Crippen LogP contribution < -0.4 is 15.0 Å². The maximum atomic E-state index is 14.0. The first-order valence-corrected chi connectivity index (χ1v) is 14.3. The molecule has 14 heteroatoms. The molecule has 1 unspecified atom stereocenters. The molecule has 1 aliphatic rings. The molecule has 0 saturated carbocycles. The molecule has 0 saturated heterocycles. The van der Waals surface area contributed by atoms with Gasteiger partial charge in [0, 0.05) is 11.8 Å². The second-order valence-corrected chi connectivity index (χ2v) is 11.6. The van der Waals surface area contributed by atoms with Gasteiger partial charge in [0.2, 0.25) is 0 Å². The Morgan fingerprint density at radius 2 is 1.67 bits per heavy atom. The van der Waals surface area contributed by atoms with Crippen LogP contribution in [0.4, 0.5) is 27.6 Å². The summed E-state index contributed by atoms with van der Waals surface area (Å²) in [6.07, 6.45) is -5.59. The SMILES string of the molecule is CCS(=O)(=O)c1cccc(-c2ccc(N3C(C(F)F)=CNC3C)c(-n3nncc3-c3ccc(OC(F)(F)F)cc3)c2)c1. The lowest BCUT2D eigenvalue weighted by Crippen LogP contribution is -2.36. The third-order valence-electron chi connectivity index (χ3n) is 6.66. The van der Waals surface area contributed by atoms with Crippen LogP contribution in [0.25, 0.3) is 28.1 Å². The first-order chi connectivity index (χ1) is 19.9. The van der Waals surface area contributed by atoms with Gasteiger partial charge in [-0.05, 0) is 66.6 Å². The molecule has 1 aromatic heterocycles. The van der Waals surface area contributed by atoms with Crippen molar-refractivity contribution >= 4 is 15.5 Å². The molecule has 1 atom stereocenters. The van der Waals surface area contributed by atoms with Crippen LogP contribution in [-0.4, -0.2) is 48.1 Å². The van der Waals surface area contributed by atoms with Crippen molar-refractivity contribution in [2.24, 2.45) is 0 Å². The van der Waals surface area contributed by atoms with Gasteiger partial charge in [-0.1, -0.05) is 30.3 Å². The molecular formula is C28H24F5N5O3S. The van der Waals surface area contributed by atoms with Crippen LogP contribution in [0.5, 0.6) is 5.75 Å². The highest BCUT2D eigenvalue weighted by atomic mass is 32.2. The first kappa shape index (κ1) is 29.0. The van der Waals surface area contributed by atoms with Crippen LogP contribution in [0.3, 0.4) is 0 Å². The highest BCUT2D eigenvalue weighted by molar-refractivity contribution is 7.91. The molecule has 8 nitrogen and oxygen atoms in total. The molecule has 0 spiro atoms. The van der Waals surface area contributed by atoms with E-state index in [2.05, 4.69) is 20.4 Å². The van der Waals surface area contributed by atoms with E-state index in [1.54, 1.807) is 44.2 Å². The maximum Gasteiger partial charge on any atom is 0.573 e. The quantitative estimate of drug-likeness (QED) is 0.241. The summed E-state index contributed by atoms with van der Waals surface area (Å²) in [6, 6.07) is 16.4. The van der Waals surface area contributed by atoms with Gasteiger partial charge in [-0.3, -0.25) is 0 Å². The molecule has 0 bridgehead atoms. The fourth-order valence-corrected chi connectivity index (χ4v) is 5.56. The van der Waals surface area contributed by atoms with Crippen LogP contribution in [0.1, 0.15) is 13.8 Å². The summed E-state index contributed by atoms with van der Waals surface area (Å²) in [6.45, 7) is 3.24. The number of aromatic nitrogens is 3. The lowest BCUT2D eigenvalue weighted by atomic mass is 10.0. The van der Waals surface area contributed by atoms with Gasteiger partial charge >= 0.3 is 6.36 Å². The fraction of sp³-hybridized carbons (Fsp3) is 0.214. The van der Waals surface area contributed by atoms with Crippen molar-refractivity contribution in [3.8, 4) is 33.8 Å². The Balaban J connectivity index is 1.66. The number of rotatable bonds is 8. The van der Waals surface area contributed by atoms with Crippen molar-refractivity contribution in [3.63, 3.8) is 0 Å². The summed E-state index contributed by atoms with van der Waals surface area (Å²) < 4.78 is 96.4. The molecular weight excluding hydrogens is 581 g/mol. The Kier molecular flexibility index (Phi) is 7.66. The van der Waals surface area contributed by atoms with Crippen molar-refractivity contribution in [1.29, 1.82) is 0 Å². The van der Waals surface area contributed by atoms with Crippen LogP contribution in [0, 0.1) is 0 Å². The van der Waals surface area contributed by atoms with Crippen LogP contribution in [-0.2, 0) is 9.84 Å². The van der Waals surface area contributed by atoms with Crippen LogP contribution >= 0.6 is 0 Å². The number of nitrogens with one attached hydrogen (secondary N) is 1. The summed E-state index contributed by atoms with van der Waals surface area (Å²) >= 11 is 0. The van der Waals surface area contributed by atoms with Crippen LogP contribution in [0.15, 0.2) is 89.7 Å². The van der Waals surface area contributed by atoms with E-state index in [0.717, 1.165) is 12.1 Å². The lowest BCUT2D eigenvalue weighted by Gasteiger charge is -2.29. The Morgan fingerprint density at radius 3 is 2.33 bits per heavy atom. The Labute approximate surface area is 237 Å². The van der Waals surface area contributed by atoms with E-state index >= 15 is 0 Å². The van der Waals surface area contributed by atoms with Gasteiger partial charge in [0.15, 0.2) is 9.84 Å². The zero-order chi connectivity index (χ0) is 30.2. The van der Waals surface area contributed by atoms with Gasteiger partial charge in [-0.15, -0.1) is 18.3 Å². The molecule has 0 amide bonds. The maximum absolute atomic E-state index is 14.0. The lowest BCUT2D eigenvalue weighted by molar-refractivity contribution is -0.274. The molecule has 1 aliphatic heterocycles. The average Bonchev–Trinajstić information content (AvgIpc) is 3.59. The Hall–Kier alpha value is -4.46. The number of sulfone groups is 1. The second-order valence-electron chi connectivity index (χ2n) is 9.32. The van der Waals surface area contributed by atoms with E-state index in [1.807, 2.05) is 0 Å². The number of hydrogen-bond acceptors (Lipinski definition) is 7. The summed E-state index contributed by atoms with van der Waals surface area (Å²) in [5, 5.41) is 11.1. The van der Waals surface area contributed by atoms with Crippen LogP contribution in [0.2, 0.25) is 0 Å². The summed E-state index contributed by atoms with van der Waals surface area (Å²) in [5.41, 5.74) is 2.30. The summed E-state index contributed by atoms with van der Waals surface area (Å²) in [4.78, 5) is 1.55. The molecule has 4 aromatic rings. The van der Waals surface area contributed by atoms with E-state index in [4.69, 9.17) is 0 Å². The highest BCUT2D eigenvalue weighted by Crippen LogP contribution is 2.38. The minimum absolute atomic E-state index is 0.0850. The van der Waals surface area contributed by atoms with Crippen molar-refractivity contribution in [1.82, 2.24) is 20.3 Å². The highest BCUT2D eigenvalue weighted by Gasteiger charge is 2.33. The number of halogens is 5. The van der Waals surface area contributed by atoms with E-state index < -0.39 is 34.5 Å². The molecule has 0 radical (unpaired) electrons. The number of allylic oxidation sites excluding steroid dienone is 1. The van der Waals surface area contributed by atoms with E-state index in [-0.39, 0.29) is 16.3 Å². The number of alkyl halides is 5. The number of ether oxygens (including phenoxy) is 1. The molecule has 220 valence electrons. The van der Waals surface area contributed by atoms with E-state index in [0.29, 0.717) is 33.8 Å². The van der Waals surface area contributed by atoms with E-state index in [9.17, 15) is 30.4 Å². The summed E-state index contributed by atoms with van der Waals surface area (Å²) in [7, 11) is -3.50. The predicted molar refractivity (Wildman–Crippen MR) is 146 cm³/mol. The van der Waals surface area contributed by atoms with Gasteiger partial charge in [-0.2, -0.15) is 0 Å². The minimum Gasteiger partial charge on any atom is -0.406 e. The summed E-state index contributed by atoms with van der Waals surface area (Å²) in [5.74, 6) is -0.503. The molecule has 42 heavy (non-hydrogen) atoms. The first-order valence-electron chi connectivity index (χ1n) is 12.7. The van der Waals surface area contributed by atoms with Gasteiger partial charge < -0.3 is 15.0 Å². The average molecular weight is 606 g/mol. The number of anilines is 1. The predicted octanol–water partition coefficient (Wildman–Crippen LogP) is 6.16. The molecule has 1 N–H and O–H groups in total. The number of benzene rings is 3. The fourth-order valence-electron chi connectivity index (χ4n) is 4.64. The third-order valence-corrected chi connectivity index (χ3v) is 8.40. The standard InChI is InChI=1S/C28H24F5N5O3S/c1-3-42(39,40)22-6-4-5-19(13-22)20-9-12-23(37-17(2)34-15-26(37)27(29)30)24(14-20)38-25(16-35-36-38)18-7-10-21(11-8-18)41-28(31,32)33/h4-17,27,34H,3H2,1-2H3. The monoisotopic (exact) mass is 605 g/mol. The zero-order valence-corrected chi connectivity index (χ0v) is 23.0. The van der Waals surface area contributed by atoms with Gasteiger partial charge in [0.25, 0.3) is 6.43 Å². The van der Waals surface area contributed by atoms with Gasteiger partial charge in [-0.25, -0.2) is 21.9 Å². The zero-order valence-electron chi connectivity index (χ0n) is 22.2. The van der Waals surface area contributed by atoms with Crippen molar-refractivity contribution in [2.45, 2.75) is 37.7 Å².